The van der Waals surface area contributed by atoms with Gasteiger partial charge < -0.3 is 4.74 Å². The van der Waals surface area contributed by atoms with Gasteiger partial charge in [0, 0.05) is 5.56 Å². The van der Waals surface area contributed by atoms with Crippen LogP contribution in [0.25, 0.3) is 0 Å². The van der Waals surface area contributed by atoms with Gasteiger partial charge in [-0.15, -0.1) is 0 Å². The Bertz CT molecular complexity index is 418. The molecular weight excluding hydrogens is 193 g/mol. The Morgan fingerprint density at radius 2 is 2.00 bits per heavy atom. The first kappa shape index (κ1) is 11.5. The van der Waals surface area contributed by atoms with Crippen molar-refractivity contribution in [3.63, 3.8) is 0 Å². The lowest BCUT2D eigenvalue weighted by Crippen LogP contribution is -2.17. The molecule has 0 heterocycles. The second-order valence-electron chi connectivity index (χ2n) is 4.04. The topological polar surface area (TPSA) is 33.0 Å². The van der Waals surface area contributed by atoms with Gasteiger partial charge >= 0.3 is 0 Å². The molecule has 0 spiro atoms. The molecule has 15 heavy (non-hydrogen) atoms. The van der Waals surface area contributed by atoms with Crippen molar-refractivity contribution in [3.8, 4) is 11.8 Å². The van der Waals surface area contributed by atoms with Gasteiger partial charge in [0.05, 0.1) is 18.6 Å². The molecule has 0 N–H and O–H groups in total. The Balaban J connectivity index is 3.42. The number of rotatable bonds is 2. The summed E-state index contributed by atoms with van der Waals surface area (Å²) in [6.07, 6.45) is 0. The average Bonchev–Trinajstić information content (AvgIpc) is 2.21. The summed E-state index contributed by atoms with van der Waals surface area (Å²) in [6.45, 7) is 5.03. The summed E-state index contributed by atoms with van der Waals surface area (Å²) in [5, 5.41) is 8.97. The SMILES string of the molecule is COc1cc(C)c(F)c(C(C)(C)C#N)c1. The maximum absolute atomic E-state index is 13.8. The number of hydrogen-bond donors (Lipinski definition) is 0. The molecule has 1 aromatic carbocycles. The minimum Gasteiger partial charge on any atom is -0.497 e. The predicted molar refractivity (Wildman–Crippen MR) is 56.3 cm³/mol. The van der Waals surface area contributed by atoms with Crippen molar-refractivity contribution in [2.24, 2.45) is 0 Å². The average molecular weight is 207 g/mol. The van der Waals surface area contributed by atoms with Gasteiger partial charge in [-0.2, -0.15) is 5.26 Å². The molecule has 0 amide bonds. The van der Waals surface area contributed by atoms with E-state index in [1.807, 2.05) is 0 Å². The lowest BCUT2D eigenvalue weighted by molar-refractivity contribution is 0.410. The first-order valence-electron chi connectivity index (χ1n) is 4.68. The molecule has 0 unspecified atom stereocenters. The number of hydrogen-bond acceptors (Lipinski definition) is 2. The van der Waals surface area contributed by atoms with Crippen LogP contribution in [-0.2, 0) is 5.41 Å². The highest BCUT2D eigenvalue weighted by molar-refractivity contribution is 5.41. The van der Waals surface area contributed by atoms with Gasteiger partial charge in [-0.25, -0.2) is 4.39 Å². The van der Waals surface area contributed by atoms with Crippen LogP contribution in [-0.4, -0.2) is 7.11 Å². The van der Waals surface area contributed by atoms with Gasteiger partial charge in [-0.3, -0.25) is 0 Å². The molecule has 0 radical (unpaired) electrons. The van der Waals surface area contributed by atoms with E-state index in [-0.39, 0.29) is 5.82 Å². The Kier molecular flexibility index (Phi) is 2.99. The highest BCUT2D eigenvalue weighted by Gasteiger charge is 2.25. The Morgan fingerprint density at radius 3 is 2.47 bits per heavy atom. The highest BCUT2D eigenvalue weighted by atomic mass is 19.1. The van der Waals surface area contributed by atoms with Crippen molar-refractivity contribution in [1.29, 1.82) is 5.26 Å². The molecule has 0 fully saturated rings. The number of nitrogens with zero attached hydrogens (tertiary/aromatic N) is 1. The number of benzene rings is 1. The summed E-state index contributed by atoms with van der Waals surface area (Å²) in [5.41, 5.74) is 0.0261. The van der Waals surface area contributed by atoms with Crippen molar-refractivity contribution in [1.82, 2.24) is 0 Å². The number of ether oxygens (including phenoxy) is 1. The van der Waals surface area contributed by atoms with E-state index in [9.17, 15) is 4.39 Å². The van der Waals surface area contributed by atoms with Gasteiger partial charge in [0.15, 0.2) is 0 Å². The van der Waals surface area contributed by atoms with Gasteiger partial charge in [0.2, 0.25) is 0 Å². The van der Waals surface area contributed by atoms with Gasteiger partial charge in [-0.1, -0.05) is 0 Å². The zero-order chi connectivity index (χ0) is 11.6. The molecule has 0 aliphatic carbocycles. The smallest absolute Gasteiger partial charge is 0.131 e. The normalized spacial score (nSPS) is 10.9. The monoisotopic (exact) mass is 207 g/mol. The summed E-state index contributed by atoms with van der Waals surface area (Å²) in [4.78, 5) is 0. The second kappa shape index (κ2) is 3.90. The summed E-state index contributed by atoms with van der Waals surface area (Å²) in [5.74, 6) is 0.245. The molecule has 0 atom stereocenters. The number of halogens is 1. The van der Waals surface area contributed by atoms with E-state index >= 15 is 0 Å². The molecule has 3 heteroatoms. The largest absolute Gasteiger partial charge is 0.497 e. The minimum atomic E-state index is -0.844. The quantitative estimate of drug-likeness (QED) is 0.747. The van der Waals surface area contributed by atoms with Gasteiger partial charge in [0.25, 0.3) is 0 Å². The van der Waals surface area contributed by atoms with E-state index in [2.05, 4.69) is 6.07 Å². The van der Waals surface area contributed by atoms with E-state index < -0.39 is 5.41 Å². The third-order valence-electron chi connectivity index (χ3n) is 2.42. The zero-order valence-corrected chi connectivity index (χ0v) is 9.39. The third-order valence-corrected chi connectivity index (χ3v) is 2.42. The second-order valence-corrected chi connectivity index (χ2v) is 4.04. The van der Waals surface area contributed by atoms with Crippen LogP contribution in [0.2, 0.25) is 0 Å². The number of aryl methyl sites for hydroxylation is 1. The molecule has 0 bridgehead atoms. The van der Waals surface area contributed by atoms with E-state index in [0.717, 1.165) is 0 Å². The van der Waals surface area contributed by atoms with E-state index in [1.165, 1.54) is 7.11 Å². The molecule has 0 saturated heterocycles. The van der Waals surface area contributed by atoms with Crippen LogP contribution >= 0.6 is 0 Å². The van der Waals surface area contributed by atoms with Crippen molar-refractivity contribution in [2.75, 3.05) is 7.11 Å². The predicted octanol–water partition coefficient (Wildman–Crippen LogP) is 2.94. The molecule has 0 aliphatic rings. The zero-order valence-electron chi connectivity index (χ0n) is 9.39. The molecule has 0 saturated carbocycles. The van der Waals surface area contributed by atoms with Crippen LogP contribution in [0.1, 0.15) is 25.0 Å². The van der Waals surface area contributed by atoms with Crippen molar-refractivity contribution in [2.45, 2.75) is 26.2 Å². The van der Waals surface area contributed by atoms with Crippen LogP contribution < -0.4 is 4.74 Å². The molecule has 1 rings (SSSR count). The third kappa shape index (κ3) is 2.10. The molecule has 80 valence electrons. The van der Waals surface area contributed by atoms with Crippen molar-refractivity contribution in [3.05, 3.63) is 29.1 Å². The van der Waals surface area contributed by atoms with E-state index in [0.29, 0.717) is 16.9 Å². The van der Waals surface area contributed by atoms with Crippen LogP contribution in [0, 0.1) is 24.1 Å². The van der Waals surface area contributed by atoms with Crippen LogP contribution in [0.3, 0.4) is 0 Å². The van der Waals surface area contributed by atoms with Crippen LogP contribution in [0.5, 0.6) is 5.75 Å². The van der Waals surface area contributed by atoms with E-state index in [4.69, 9.17) is 10.00 Å². The molecule has 2 nitrogen and oxygen atoms in total. The fourth-order valence-corrected chi connectivity index (χ4v) is 1.37. The van der Waals surface area contributed by atoms with Gasteiger partial charge in [-0.05, 0) is 38.5 Å². The molecular formula is C12H14FNO. The summed E-state index contributed by atoms with van der Waals surface area (Å²) in [6, 6.07) is 5.27. The Labute approximate surface area is 89.3 Å². The fourth-order valence-electron chi connectivity index (χ4n) is 1.37. The molecule has 0 aliphatic heterocycles. The Hall–Kier alpha value is -1.56. The van der Waals surface area contributed by atoms with Crippen molar-refractivity contribution >= 4 is 0 Å². The lowest BCUT2D eigenvalue weighted by atomic mass is 9.85. The Morgan fingerprint density at radius 1 is 1.40 bits per heavy atom. The minimum absolute atomic E-state index is 0.331. The summed E-state index contributed by atoms with van der Waals surface area (Å²) >= 11 is 0. The fraction of sp³-hybridized carbons (Fsp3) is 0.417. The van der Waals surface area contributed by atoms with E-state index in [1.54, 1.807) is 32.9 Å². The highest BCUT2D eigenvalue weighted by Crippen LogP contribution is 2.30. The summed E-state index contributed by atoms with van der Waals surface area (Å²) in [7, 11) is 1.52. The first-order chi connectivity index (χ1) is 6.92. The van der Waals surface area contributed by atoms with Crippen molar-refractivity contribution < 1.29 is 9.13 Å². The number of methoxy groups -OCH3 is 1. The molecule has 1 aromatic rings. The summed E-state index contributed by atoms with van der Waals surface area (Å²) < 4.78 is 18.8. The van der Waals surface area contributed by atoms with Gasteiger partial charge in [0.1, 0.15) is 11.6 Å². The maximum Gasteiger partial charge on any atom is 0.131 e. The molecule has 0 aromatic heterocycles. The van der Waals surface area contributed by atoms with Crippen LogP contribution in [0.4, 0.5) is 4.39 Å². The maximum atomic E-state index is 13.8. The lowest BCUT2D eigenvalue weighted by Gasteiger charge is -2.18. The standard InChI is InChI=1S/C12H14FNO/c1-8-5-9(15-4)6-10(11(8)13)12(2,3)7-14/h5-6H,1-4H3. The number of nitriles is 1. The van der Waals surface area contributed by atoms with Crippen LogP contribution in [0.15, 0.2) is 12.1 Å². The first-order valence-corrected chi connectivity index (χ1v) is 4.68.